The molecule has 2 aromatic carbocycles. The summed E-state index contributed by atoms with van der Waals surface area (Å²) in [6, 6.07) is 10.6. The molecule has 0 fully saturated rings. The maximum Gasteiger partial charge on any atom is 0.239 e. The zero-order valence-electron chi connectivity index (χ0n) is 15.6. The quantitative estimate of drug-likeness (QED) is 0.308. The summed E-state index contributed by atoms with van der Waals surface area (Å²) in [5, 5.41) is 8.42. The van der Waals surface area contributed by atoms with Gasteiger partial charge in [-0.2, -0.15) is 0 Å². The number of carbonyl (C=O) groups is 1. The number of guanidine groups is 1. The molecule has 0 unspecified atom stereocenters. The Morgan fingerprint density at radius 3 is 2.39 bits per heavy atom. The fourth-order valence-electron chi connectivity index (χ4n) is 2.25. The highest BCUT2D eigenvalue weighted by molar-refractivity contribution is 14.0. The molecule has 0 aliphatic carbocycles. The lowest BCUT2D eigenvalue weighted by Gasteiger charge is -2.12. The highest BCUT2D eigenvalue weighted by Crippen LogP contribution is 2.11. The van der Waals surface area contributed by atoms with Crippen molar-refractivity contribution < 1.29 is 18.3 Å². The van der Waals surface area contributed by atoms with Crippen LogP contribution in [0.4, 0.5) is 8.78 Å². The molecule has 0 atom stereocenters. The fourth-order valence-corrected chi connectivity index (χ4v) is 2.25. The number of nitrogens with one attached hydrogen (secondary N) is 3. The molecule has 0 heterocycles. The van der Waals surface area contributed by atoms with Gasteiger partial charge in [0.1, 0.15) is 17.4 Å². The van der Waals surface area contributed by atoms with Crippen LogP contribution in [0.15, 0.2) is 47.5 Å². The van der Waals surface area contributed by atoms with Gasteiger partial charge in [-0.15, -0.1) is 24.0 Å². The summed E-state index contributed by atoms with van der Waals surface area (Å²) >= 11 is 0. The molecule has 2 aromatic rings. The van der Waals surface area contributed by atoms with Gasteiger partial charge in [-0.05, 0) is 35.9 Å². The molecule has 0 radical (unpaired) electrons. The summed E-state index contributed by atoms with van der Waals surface area (Å²) < 4.78 is 31.9. The third kappa shape index (κ3) is 7.67. The van der Waals surface area contributed by atoms with E-state index in [2.05, 4.69) is 20.9 Å². The van der Waals surface area contributed by atoms with Crippen LogP contribution in [0.3, 0.4) is 0 Å². The average Bonchev–Trinajstić information content (AvgIpc) is 2.69. The van der Waals surface area contributed by atoms with E-state index in [1.165, 1.54) is 7.05 Å². The zero-order chi connectivity index (χ0) is 19.6. The van der Waals surface area contributed by atoms with E-state index in [-0.39, 0.29) is 48.5 Å². The average molecular weight is 504 g/mol. The second-order valence-electron chi connectivity index (χ2n) is 5.64. The van der Waals surface area contributed by atoms with Crippen molar-refractivity contribution in [3.05, 3.63) is 65.2 Å². The van der Waals surface area contributed by atoms with Crippen LogP contribution in [0.5, 0.6) is 5.75 Å². The summed E-state index contributed by atoms with van der Waals surface area (Å²) in [5.74, 6) is -0.217. The first kappa shape index (κ1) is 23.6. The topological polar surface area (TPSA) is 74.8 Å². The van der Waals surface area contributed by atoms with Crippen molar-refractivity contribution in [2.45, 2.75) is 13.1 Å². The summed E-state index contributed by atoms with van der Waals surface area (Å²) in [5.41, 5.74) is 1.11. The Labute approximate surface area is 179 Å². The van der Waals surface area contributed by atoms with Crippen LogP contribution in [0.1, 0.15) is 11.1 Å². The number of aliphatic imine (C=N–C) groups is 1. The smallest absolute Gasteiger partial charge is 0.239 e. The van der Waals surface area contributed by atoms with Crippen LogP contribution in [-0.2, 0) is 17.9 Å². The van der Waals surface area contributed by atoms with Crippen molar-refractivity contribution in [1.29, 1.82) is 0 Å². The van der Waals surface area contributed by atoms with Crippen LogP contribution >= 0.6 is 24.0 Å². The Balaban J connectivity index is 0.00000392. The normalized spacial score (nSPS) is 10.6. The number of amides is 1. The molecule has 3 N–H and O–H groups in total. The number of nitrogens with zero attached hydrogens (tertiary/aromatic N) is 1. The molecule has 0 aromatic heterocycles. The number of carbonyl (C=O) groups excluding carboxylic acids is 1. The number of rotatable bonds is 7. The highest BCUT2D eigenvalue weighted by Gasteiger charge is 2.07. The molecule has 152 valence electrons. The third-order valence-electron chi connectivity index (χ3n) is 3.74. The lowest BCUT2D eigenvalue weighted by atomic mass is 10.2. The van der Waals surface area contributed by atoms with E-state index in [1.807, 2.05) is 24.3 Å². The van der Waals surface area contributed by atoms with Crippen molar-refractivity contribution in [2.24, 2.45) is 4.99 Å². The maximum atomic E-state index is 13.6. The Hall–Kier alpha value is -2.43. The minimum atomic E-state index is -0.519. The van der Waals surface area contributed by atoms with Crippen LogP contribution in [0, 0.1) is 11.6 Å². The molecular formula is C19H23F2IN4O2. The first-order valence-corrected chi connectivity index (χ1v) is 8.30. The second-order valence-corrected chi connectivity index (χ2v) is 5.64. The Morgan fingerprint density at radius 1 is 1.04 bits per heavy atom. The molecule has 2 rings (SSSR count). The molecule has 0 saturated heterocycles. The molecule has 0 saturated carbocycles. The van der Waals surface area contributed by atoms with E-state index in [1.54, 1.807) is 7.11 Å². The van der Waals surface area contributed by atoms with Gasteiger partial charge in [0.25, 0.3) is 0 Å². The summed E-state index contributed by atoms with van der Waals surface area (Å²) in [6.45, 7) is 0.406. The molecule has 0 aliphatic heterocycles. The molecular weight excluding hydrogens is 481 g/mol. The van der Waals surface area contributed by atoms with Gasteiger partial charge in [0, 0.05) is 25.7 Å². The molecule has 28 heavy (non-hydrogen) atoms. The van der Waals surface area contributed by atoms with Crippen molar-refractivity contribution in [1.82, 2.24) is 16.0 Å². The predicted octanol–water partition coefficient (Wildman–Crippen LogP) is 2.57. The lowest BCUT2D eigenvalue weighted by molar-refractivity contribution is -0.120. The molecule has 0 spiro atoms. The van der Waals surface area contributed by atoms with Gasteiger partial charge in [-0.1, -0.05) is 12.1 Å². The maximum absolute atomic E-state index is 13.6. The minimum absolute atomic E-state index is 0. The van der Waals surface area contributed by atoms with Gasteiger partial charge in [-0.25, -0.2) is 8.78 Å². The predicted molar refractivity (Wildman–Crippen MR) is 115 cm³/mol. The molecule has 0 aliphatic rings. The number of methoxy groups -OCH3 is 1. The van der Waals surface area contributed by atoms with Crippen molar-refractivity contribution in [3.8, 4) is 5.75 Å². The zero-order valence-corrected chi connectivity index (χ0v) is 17.9. The van der Waals surface area contributed by atoms with Gasteiger partial charge >= 0.3 is 0 Å². The molecule has 6 nitrogen and oxygen atoms in total. The largest absolute Gasteiger partial charge is 0.497 e. The number of ether oxygens (including phenoxy) is 1. The van der Waals surface area contributed by atoms with Crippen LogP contribution in [0.25, 0.3) is 0 Å². The van der Waals surface area contributed by atoms with E-state index in [0.29, 0.717) is 12.5 Å². The van der Waals surface area contributed by atoms with Crippen molar-refractivity contribution in [2.75, 3.05) is 20.7 Å². The van der Waals surface area contributed by atoms with Crippen LogP contribution in [-0.4, -0.2) is 32.6 Å². The van der Waals surface area contributed by atoms with Gasteiger partial charge in [0.05, 0.1) is 13.7 Å². The fraction of sp³-hybridized carbons (Fsp3) is 0.263. The number of hydrogen-bond acceptors (Lipinski definition) is 3. The minimum Gasteiger partial charge on any atom is -0.497 e. The van der Waals surface area contributed by atoms with Gasteiger partial charge in [0.15, 0.2) is 5.96 Å². The second kappa shape index (κ2) is 12.1. The standard InChI is InChI=1S/C19H22F2N4O2.HI/c1-22-19(24-11-14-9-15(20)5-8-17(14)21)25-12-18(26)23-10-13-3-6-16(27-2)7-4-13;/h3-9H,10-12H2,1-2H3,(H,23,26)(H2,22,24,25);1H. The highest BCUT2D eigenvalue weighted by atomic mass is 127. The lowest BCUT2D eigenvalue weighted by Crippen LogP contribution is -2.42. The number of halogens is 3. The Kier molecular flexibility index (Phi) is 10.2. The Morgan fingerprint density at radius 2 is 1.75 bits per heavy atom. The van der Waals surface area contributed by atoms with E-state index >= 15 is 0 Å². The van der Waals surface area contributed by atoms with E-state index in [9.17, 15) is 13.6 Å². The van der Waals surface area contributed by atoms with E-state index < -0.39 is 11.6 Å². The Bertz CT molecular complexity index is 801. The summed E-state index contributed by atoms with van der Waals surface area (Å²) in [7, 11) is 3.11. The monoisotopic (exact) mass is 504 g/mol. The van der Waals surface area contributed by atoms with E-state index in [4.69, 9.17) is 4.74 Å². The first-order valence-electron chi connectivity index (χ1n) is 8.30. The summed E-state index contributed by atoms with van der Waals surface area (Å²) in [6.07, 6.45) is 0. The van der Waals surface area contributed by atoms with Gasteiger partial charge in [-0.3, -0.25) is 9.79 Å². The van der Waals surface area contributed by atoms with Gasteiger partial charge < -0.3 is 20.7 Å². The number of benzene rings is 2. The molecule has 9 heteroatoms. The summed E-state index contributed by atoms with van der Waals surface area (Å²) in [4.78, 5) is 15.9. The molecule has 0 bridgehead atoms. The first-order chi connectivity index (χ1) is 13.0. The van der Waals surface area contributed by atoms with Crippen molar-refractivity contribution >= 4 is 35.8 Å². The molecule has 1 amide bonds. The van der Waals surface area contributed by atoms with Crippen LogP contribution < -0.4 is 20.7 Å². The van der Waals surface area contributed by atoms with Gasteiger partial charge in [0.2, 0.25) is 5.91 Å². The van der Waals surface area contributed by atoms with E-state index in [0.717, 1.165) is 29.5 Å². The number of hydrogen-bond donors (Lipinski definition) is 3. The van der Waals surface area contributed by atoms with Crippen LogP contribution in [0.2, 0.25) is 0 Å². The SMILES string of the molecule is CN=C(NCC(=O)NCc1ccc(OC)cc1)NCc1cc(F)ccc1F.I. The van der Waals surface area contributed by atoms with Crippen molar-refractivity contribution in [3.63, 3.8) is 0 Å². The third-order valence-corrected chi connectivity index (χ3v) is 3.74.